The minimum atomic E-state index is -0.890. The number of anilines is 1. The van der Waals surface area contributed by atoms with Crippen molar-refractivity contribution in [3.63, 3.8) is 0 Å². The standard InChI is InChI=1S/C10H11NO6/c1-14-9(12)16-6-3-4-8(7(11)5-6)17-10(13)15-2/h3-5H,11H2,1-2H3. The first kappa shape index (κ1) is 12.6. The van der Waals surface area contributed by atoms with Crippen LogP contribution >= 0.6 is 0 Å². The molecule has 0 radical (unpaired) electrons. The van der Waals surface area contributed by atoms with E-state index in [4.69, 9.17) is 15.2 Å². The summed E-state index contributed by atoms with van der Waals surface area (Å²) < 4.78 is 18.0. The quantitative estimate of drug-likeness (QED) is 0.476. The molecule has 0 saturated heterocycles. The fourth-order valence-electron chi connectivity index (χ4n) is 0.952. The molecular weight excluding hydrogens is 230 g/mol. The molecule has 92 valence electrons. The number of hydrogen-bond donors (Lipinski definition) is 1. The summed E-state index contributed by atoms with van der Waals surface area (Å²) in [6.45, 7) is 0. The number of carbonyl (C=O) groups excluding carboxylic acids is 2. The second-order valence-corrected chi connectivity index (χ2v) is 2.81. The lowest BCUT2D eigenvalue weighted by molar-refractivity contribution is 0.119. The highest BCUT2D eigenvalue weighted by Gasteiger charge is 2.10. The van der Waals surface area contributed by atoms with Crippen molar-refractivity contribution < 1.29 is 28.5 Å². The van der Waals surface area contributed by atoms with Crippen molar-refractivity contribution in [2.75, 3.05) is 20.0 Å². The Bertz CT molecular complexity index is 431. The lowest BCUT2D eigenvalue weighted by atomic mass is 10.3. The van der Waals surface area contributed by atoms with Crippen LogP contribution in [0, 0.1) is 0 Å². The Morgan fingerprint density at radius 1 is 1.06 bits per heavy atom. The minimum absolute atomic E-state index is 0.106. The Labute approximate surface area is 97.0 Å². The van der Waals surface area contributed by atoms with E-state index in [1.54, 1.807) is 0 Å². The van der Waals surface area contributed by atoms with Crippen molar-refractivity contribution in [3.05, 3.63) is 18.2 Å². The van der Waals surface area contributed by atoms with Gasteiger partial charge >= 0.3 is 12.3 Å². The van der Waals surface area contributed by atoms with Crippen molar-refractivity contribution in [1.29, 1.82) is 0 Å². The third kappa shape index (κ3) is 3.56. The zero-order valence-electron chi connectivity index (χ0n) is 9.26. The maximum absolute atomic E-state index is 10.8. The van der Waals surface area contributed by atoms with E-state index in [9.17, 15) is 9.59 Å². The highest BCUT2D eigenvalue weighted by Crippen LogP contribution is 2.26. The third-order valence-corrected chi connectivity index (χ3v) is 1.71. The van der Waals surface area contributed by atoms with Gasteiger partial charge in [-0.05, 0) is 12.1 Å². The average molecular weight is 241 g/mol. The largest absolute Gasteiger partial charge is 0.513 e. The van der Waals surface area contributed by atoms with E-state index in [1.165, 1.54) is 32.4 Å². The zero-order chi connectivity index (χ0) is 12.8. The van der Waals surface area contributed by atoms with Gasteiger partial charge in [0, 0.05) is 6.07 Å². The second kappa shape index (κ2) is 5.59. The molecular formula is C10H11NO6. The van der Waals surface area contributed by atoms with Gasteiger partial charge in [-0.2, -0.15) is 0 Å². The first-order chi connectivity index (χ1) is 8.06. The summed E-state index contributed by atoms with van der Waals surface area (Å²) in [4.78, 5) is 21.6. The summed E-state index contributed by atoms with van der Waals surface area (Å²) in [7, 11) is 2.35. The van der Waals surface area contributed by atoms with Crippen LogP contribution in [0.4, 0.5) is 15.3 Å². The third-order valence-electron chi connectivity index (χ3n) is 1.71. The Hall–Kier alpha value is -2.44. The van der Waals surface area contributed by atoms with E-state index in [0.29, 0.717) is 0 Å². The number of hydrogen-bond acceptors (Lipinski definition) is 7. The maximum atomic E-state index is 10.8. The Balaban J connectivity index is 2.79. The van der Waals surface area contributed by atoms with Crippen LogP contribution in [0.2, 0.25) is 0 Å². The van der Waals surface area contributed by atoms with Crippen molar-refractivity contribution in [1.82, 2.24) is 0 Å². The number of methoxy groups -OCH3 is 2. The van der Waals surface area contributed by atoms with Gasteiger partial charge in [-0.3, -0.25) is 0 Å². The molecule has 7 nitrogen and oxygen atoms in total. The van der Waals surface area contributed by atoms with Gasteiger partial charge in [-0.15, -0.1) is 0 Å². The SMILES string of the molecule is COC(=O)Oc1ccc(OC(=O)OC)c(N)c1. The highest BCUT2D eigenvalue weighted by molar-refractivity contribution is 5.70. The van der Waals surface area contributed by atoms with E-state index in [2.05, 4.69) is 9.47 Å². The first-order valence-corrected chi connectivity index (χ1v) is 4.48. The van der Waals surface area contributed by atoms with Gasteiger partial charge in [0.25, 0.3) is 0 Å². The summed E-state index contributed by atoms with van der Waals surface area (Å²) >= 11 is 0. The molecule has 1 rings (SSSR count). The average Bonchev–Trinajstić information content (AvgIpc) is 2.32. The van der Waals surface area contributed by atoms with Crippen LogP contribution in [0.25, 0.3) is 0 Å². The van der Waals surface area contributed by atoms with Gasteiger partial charge in [0.2, 0.25) is 0 Å². The van der Waals surface area contributed by atoms with Gasteiger partial charge in [-0.25, -0.2) is 9.59 Å². The molecule has 0 atom stereocenters. The molecule has 2 N–H and O–H groups in total. The van der Waals surface area contributed by atoms with Gasteiger partial charge in [-0.1, -0.05) is 0 Å². The van der Waals surface area contributed by atoms with Crippen LogP contribution in [-0.4, -0.2) is 26.5 Å². The van der Waals surface area contributed by atoms with Crippen LogP contribution in [0.5, 0.6) is 11.5 Å². The number of ether oxygens (including phenoxy) is 4. The van der Waals surface area contributed by atoms with Gasteiger partial charge in [0.1, 0.15) is 5.75 Å². The summed E-state index contributed by atoms with van der Waals surface area (Å²) in [5, 5.41) is 0. The molecule has 0 bridgehead atoms. The molecule has 0 amide bonds. The summed E-state index contributed by atoms with van der Waals surface area (Å²) in [5.41, 5.74) is 5.70. The molecule has 0 aliphatic rings. The molecule has 0 aliphatic carbocycles. The lowest BCUT2D eigenvalue weighted by Crippen LogP contribution is -2.10. The molecule has 7 heteroatoms. The summed E-state index contributed by atoms with van der Waals surface area (Å²) in [6.07, 6.45) is -1.76. The molecule has 0 unspecified atom stereocenters. The lowest BCUT2D eigenvalue weighted by Gasteiger charge is -2.07. The molecule has 17 heavy (non-hydrogen) atoms. The molecule has 0 aliphatic heterocycles. The van der Waals surface area contributed by atoms with Crippen molar-refractivity contribution >= 4 is 18.0 Å². The molecule has 0 spiro atoms. The number of nitrogen functional groups attached to an aromatic ring is 1. The van der Waals surface area contributed by atoms with E-state index in [-0.39, 0.29) is 17.2 Å². The molecule has 1 aromatic rings. The van der Waals surface area contributed by atoms with E-state index in [1.807, 2.05) is 0 Å². The Morgan fingerprint density at radius 2 is 1.65 bits per heavy atom. The smallest absolute Gasteiger partial charge is 0.437 e. The second-order valence-electron chi connectivity index (χ2n) is 2.81. The van der Waals surface area contributed by atoms with Crippen LogP contribution < -0.4 is 15.2 Å². The fourth-order valence-corrected chi connectivity index (χ4v) is 0.952. The predicted octanol–water partition coefficient (Wildman–Crippen LogP) is 1.56. The van der Waals surface area contributed by atoms with Gasteiger partial charge in [0.05, 0.1) is 19.9 Å². The molecule has 0 fully saturated rings. The molecule has 0 aromatic heterocycles. The highest BCUT2D eigenvalue weighted by atomic mass is 16.7. The molecule has 0 saturated carbocycles. The van der Waals surface area contributed by atoms with Gasteiger partial charge in [0.15, 0.2) is 5.75 Å². The monoisotopic (exact) mass is 241 g/mol. The first-order valence-electron chi connectivity index (χ1n) is 4.48. The number of carbonyl (C=O) groups is 2. The van der Waals surface area contributed by atoms with Crippen molar-refractivity contribution in [2.45, 2.75) is 0 Å². The van der Waals surface area contributed by atoms with Crippen LogP contribution in [-0.2, 0) is 9.47 Å². The molecule has 0 heterocycles. The van der Waals surface area contributed by atoms with Crippen molar-refractivity contribution in [2.24, 2.45) is 0 Å². The van der Waals surface area contributed by atoms with E-state index in [0.717, 1.165) is 0 Å². The number of nitrogens with two attached hydrogens (primary N) is 1. The van der Waals surface area contributed by atoms with Crippen LogP contribution in [0.3, 0.4) is 0 Å². The zero-order valence-corrected chi connectivity index (χ0v) is 9.26. The minimum Gasteiger partial charge on any atom is -0.437 e. The van der Waals surface area contributed by atoms with E-state index < -0.39 is 12.3 Å². The summed E-state index contributed by atoms with van der Waals surface area (Å²) in [6, 6.07) is 4.07. The van der Waals surface area contributed by atoms with Crippen LogP contribution in [0.1, 0.15) is 0 Å². The summed E-state index contributed by atoms with van der Waals surface area (Å²) in [5.74, 6) is 0.278. The Kier molecular flexibility index (Phi) is 4.15. The van der Waals surface area contributed by atoms with Crippen molar-refractivity contribution in [3.8, 4) is 11.5 Å². The number of rotatable bonds is 2. The van der Waals surface area contributed by atoms with E-state index >= 15 is 0 Å². The topological polar surface area (TPSA) is 97.1 Å². The van der Waals surface area contributed by atoms with Crippen LogP contribution in [0.15, 0.2) is 18.2 Å². The Morgan fingerprint density at radius 3 is 2.18 bits per heavy atom. The molecule has 1 aromatic carbocycles. The predicted molar refractivity (Wildman–Crippen MR) is 56.9 cm³/mol. The fraction of sp³-hybridized carbons (Fsp3) is 0.200. The van der Waals surface area contributed by atoms with Gasteiger partial charge < -0.3 is 24.7 Å². The number of benzene rings is 1. The maximum Gasteiger partial charge on any atom is 0.513 e. The normalized spacial score (nSPS) is 9.29.